The molecule has 1 saturated heterocycles. The number of hydrogen-bond donors (Lipinski definition) is 2. The molecule has 1 aliphatic heterocycles. The van der Waals surface area contributed by atoms with E-state index < -0.39 is 0 Å². The summed E-state index contributed by atoms with van der Waals surface area (Å²) in [5.41, 5.74) is 2.07. The molecule has 0 radical (unpaired) electrons. The molecule has 15 heavy (non-hydrogen) atoms. The van der Waals surface area contributed by atoms with Crippen molar-refractivity contribution in [2.45, 2.75) is 45.7 Å². The zero-order valence-electron chi connectivity index (χ0n) is 9.47. The molecule has 2 heterocycles. The lowest BCUT2D eigenvalue weighted by atomic mass is 10.1. The van der Waals surface area contributed by atoms with Crippen molar-refractivity contribution in [1.29, 1.82) is 0 Å². The second kappa shape index (κ2) is 4.23. The number of imidazole rings is 1. The van der Waals surface area contributed by atoms with E-state index in [4.69, 9.17) is 0 Å². The Hall–Kier alpha value is -1.03. The Morgan fingerprint density at radius 3 is 2.73 bits per heavy atom. The van der Waals surface area contributed by atoms with Crippen molar-refractivity contribution in [3.05, 3.63) is 21.9 Å². The van der Waals surface area contributed by atoms with Gasteiger partial charge in [0.05, 0.1) is 0 Å². The van der Waals surface area contributed by atoms with Crippen molar-refractivity contribution >= 4 is 0 Å². The minimum absolute atomic E-state index is 0.0253. The first-order valence-electron chi connectivity index (χ1n) is 5.68. The normalized spacial score (nSPS) is 21.9. The molecule has 1 unspecified atom stereocenters. The Morgan fingerprint density at radius 2 is 2.20 bits per heavy atom. The molecule has 0 aliphatic carbocycles. The molecular formula is C11H19N3O. The molecule has 0 amide bonds. The van der Waals surface area contributed by atoms with Crippen LogP contribution in [0.4, 0.5) is 0 Å². The Balaban J connectivity index is 2.12. The van der Waals surface area contributed by atoms with Crippen molar-refractivity contribution in [3.8, 4) is 0 Å². The maximum atomic E-state index is 11.6. The number of H-pyrrole nitrogens is 1. The molecule has 1 aromatic rings. The van der Waals surface area contributed by atoms with Crippen LogP contribution in [-0.4, -0.2) is 22.1 Å². The largest absolute Gasteiger partial charge is 0.325 e. The van der Waals surface area contributed by atoms with Crippen LogP contribution in [0.1, 0.15) is 30.7 Å². The van der Waals surface area contributed by atoms with Crippen LogP contribution in [0.3, 0.4) is 0 Å². The van der Waals surface area contributed by atoms with Crippen molar-refractivity contribution in [2.75, 3.05) is 6.54 Å². The molecule has 1 aliphatic rings. The van der Waals surface area contributed by atoms with Crippen LogP contribution in [0.15, 0.2) is 4.79 Å². The lowest BCUT2D eigenvalue weighted by Gasteiger charge is -2.23. The highest BCUT2D eigenvalue weighted by Gasteiger charge is 2.15. The van der Waals surface area contributed by atoms with Gasteiger partial charge in [-0.15, -0.1) is 0 Å². The molecule has 0 spiro atoms. The van der Waals surface area contributed by atoms with Crippen LogP contribution in [0.2, 0.25) is 0 Å². The second-order valence-corrected chi connectivity index (χ2v) is 4.40. The molecule has 4 nitrogen and oxygen atoms in total. The van der Waals surface area contributed by atoms with Crippen LogP contribution in [0.25, 0.3) is 0 Å². The van der Waals surface area contributed by atoms with Gasteiger partial charge in [-0.25, -0.2) is 4.79 Å². The van der Waals surface area contributed by atoms with Gasteiger partial charge in [-0.3, -0.25) is 4.57 Å². The Labute approximate surface area is 89.7 Å². The molecule has 84 valence electrons. The quantitative estimate of drug-likeness (QED) is 0.761. The summed E-state index contributed by atoms with van der Waals surface area (Å²) in [5.74, 6) is 0. The van der Waals surface area contributed by atoms with Crippen molar-refractivity contribution in [1.82, 2.24) is 14.9 Å². The van der Waals surface area contributed by atoms with E-state index in [1.807, 2.05) is 18.4 Å². The zero-order chi connectivity index (χ0) is 10.8. The lowest BCUT2D eigenvalue weighted by Crippen LogP contribution is -2.39. The van der Waals surface area contributed by atoms with Gasteiger partial charge in [-0.1, -0.05) is 6.42 Å². The number of nitrogens with one attached hydrogen (secondary N) is 2. The summed E-state index contributed by atoms with van der Waals surface area (Å²) in [6, 6.07) is 0.463. The van der Waals surface area contributed by atoms with Gasteiger partial charge in [0.15, 0.2) is 0 Å². The lowest BCUT2D eigenvalue weighted by molar-refractivity contribution is 0.358. The van der Waals surface area contributed by atoms with Crippen LogP contribution in [0, 0.1) is 13.8 Å². The number of piperidine rings is 1. The van der Waals surface area contributed by atoms with Gasteiger partial charge in [0, 0.05) is 24.0 Å². The Bertz CT molecular complexity index is 385. The van der Waals surface area contributed by atoms with Crippen LogP contribution in [-0.2, 0) is 6.54 Å². The fourth-order valence-corrected chi connectivity index (χ4v) is 2.19. The number of hydrogen-bond acceptors (Lipinski definition) is 2. The minimum Gasteiger partial charge on any atom is -0.312 e. The maximum absolute atomic E-state index is 11.6. The van der Waals surface area contributed by atoms with E-state index in [0.29, 0.717) is 6.04 Å². The maximum Gasteiger partial charge on any atom is 0.325 e. The van der Waals surface area contributed by atoms with E-state index >= 15 is 0 Å². The molecular weight excluding hydrogens is 190 g/mol. The average Bonchev–Trinajstić information content (AvgIpc) is 2.47. The molecule has 2 rings (SSSR count). The van der Waals surface area contributed by atoms with Crippen LogP contribution < -0.4 is 11.0 Å². The van der Waals surface area contributed by atoms with Crippen molar-refractivity contribution in [3.63, 3.8) is 0 Å². The summed E-state index contributed by atoms with van der Waals surface area (Å²) in [4.78, 5) is 14.5. The van der Waals surface area contributed by atoms with Gasteiger partial charge in [-0.2, -0.15) is 0 Å². The molecule has 1 fully saturated rings. The summed E-state index contributed by atoms with van der Waals surface area (Å²) in [5, 5.41) is 3.46. The van der Waals surface area contributed by atoms with Crippen LogP contribution >= 0.6 is 0 Å². The van der Waals surface area contributed by atoms with Gasteiger partial charge >= 0.3 is 5.69 Å². The predicted molar refractivity (Wildman–Crippen MR) is 60.2 cm³/mol. The fourth-order valence-electron chi connectivity index (χ4n) is 2.19. The number of aromatic nitrogens is 2. The SMILES string of the molecule is Cc1[nH]c(=O)n(CC2CCCCN2)c1C. The first-order valence-corrected chi connectivity index (χ1v) is 5.68. The molecule has 1 atom stereocenters. The Morgan fingerprint density at radius 1 is 1.40 bits per heavy atom. The summed E-state index contributed by atoms with van der Waals surface area (Å²) >= 11 is 0. The third kappa shape index (κ3) is 2.15. The summed E-state index contributed by atoms with van der Waals surface area (Å²) in [6.45, 7) is 5.83. The van der Waals surface area contributed by atoms with Gasteiger partial charge in [0.2, 0.25) is 0 Å². The first kappa shape index (κ1) is 10.5. The molecule has 2 N–H and O–H groups in total. The molecule has 4 heteroatoms. The second-order valence-electron chi connectivity index (χ2n) is 4.40. The topological polar surface area (TPSA) is 49.8 Å². The number of aromatic amines is 1. The third-order valence-corrected chi connectivity index (χ3v) is 3.30. The van der Waals surface area contributed by atoms with E-state index in [9.17, 15) is 4.79 Å². The van der Waals surface area contributed by atoms with E-state index in [1.165, 1.54) is 19.3 Å². The number of rotatable bonds is 2. The van der Waals surface area contributed by atoms with E-state index in [2.05, 4.69) is 10.3 Å². The van der Waals surface area contributed by atoms with E-state index in [0.717, 1.165) is 24.5 Å². The Kier molecular flexibility index (Phi) is 2.95. The minimum atomic E-state index is 0.0253. The van der Waals surface area contributed by atoms with Gasteiger partial charge < -0.3 is 10.3 Å². The van der Waals surface area contributed by atoms with Crippen LogP contribution in [0.5, 0.6) is 0 Å². The summed E-state index contributed by atoms with van der Waals surface area (Å²) in [6.07, 6.45) is 3.71. The first-order chi connectivity index (χ1) is 7.18. The van der Waals surface area contributed by atoms with Crippen molar-refractivity contribution in [2.24, 2.45) is 0 Å². The monoisotopic (exact) mass is 209 g/mol. The fraction of sp³-hybridized carbons (Fsp3) is 0.727. The smallest absolute Gasteiger partial charge is 0.312 e. The predicted octanol–water partition coefficient (Wildman–Crippen LogP) is 0.935. The highest BCUT2D eigenvalue weighted by Crippen LogP contribution is 2.10. The van der Waals surface area contributed by atoms with Gasteiger partial charge in [0.25, 0.3) is 0 Å². The van der Waals surface area contributed by atoms with Crippen molar-refractivity contribution < 1.29 is 0 Å². The third-order valence-electron chi connectivity index (χ3n) is 3.30. The van der Waals surface area contributed by atoms with Gasteiger partial charge in [-0.05, 0) is 33.2 Å². The summed E-state index contributed by atoms with van der Waals surface area (Å²) in [7, 11) is 0. The van der Waals surface area contributed by atoms with E-state index in [-0.39, 0.29) is 5.69 Å². The summed E-state index contributed by atoms with van der Waals surface area (Å²) < 4.78 is 1.85. The molecule has 0 bridgehead atoms. The van der Waals surface area contributed by atoms with Gasteiger partial charge in [0.1, 0.15) is 0 Å². The highest BCUT2D eigenvalue weighted by molar-refractivity contribution is 5.09. The molecule has 1 aromatic heterocycles. The number of nitrogens with zero attached hydrogens (tertiary/aromatic N) is 1. The standard InChI is InChI=1S/C11H19N3O/c1-8-9(2)14(11(15)13-8)7-10-5-3-4-6-12-10/h10,12H,3-7H2,1-2H3,(H,13,15). The molecule has 0 aromatic carbocycles. The molecule has 0 saturated carbocycles. The average molecular weight is 209 g/mol. The van der Waals surface area contributed by atoms with E-state index in [1.54, 1.807) is 0 Å². The number of aryl methyl sites for hydroxylation is 1. The zero-order valence-corrected chi connectivity index (χ0v) is 9.47. The highest BCUT2D eigenvalue weighted by atomic mass is 16.1.